The van der Waals surface area contributed by atoms with Crippen LogP contribution in [0.1, 0.15) is 34.1 Å². The van der Waals surface area contributed by atoms with Crippen LogP contribution < -0.4 is 0 Å². The number of esters is 2. The van der Waals surface area contributed by atoms with Crippen LogP contribution in [0.4, 0.5) is 0 Å². The number of aliphatic hydroxyl groups is 2. The van der Waals surface area contributed by atoms with Gasteiger partial charge in [0.1, 0.15) is 18.3 Å². The van der Waals surface area contributed by atoms with Crippen molar-refractivity contribution in [1.29, 1.82) is 0 Å². The number of hydrogen-bond acceptors (Lipinski definition) is 6. The summed E-state index contributed by atoms with van der Waals surface area (Å²) >= 11 is 0. The van der Waals surface area contributed by atoms with Crippen LogP contribution in [-0.4, -0.2) is 46.6 Å². The molecule has 0 aromatic rings. The van der Waals surface area contributed by atoms with Crippen LogP contribution in [0.25, 0.3) is 0 Å². The molecular weight excluding hydrogens is 336 g/mol. The van der Waals surface area contributed by atoms with E-state index < -0.39 is 42.3 Å². The third-order valence-corrected chi connectivity index (χ3v) is 4.99. The number of carbonyl (C=O) groups is 2. The molecule has 2 N–H and O–H groups in total. The van der Waals surface area contributed by atoms with Gasteiger partial charge in [0.2, 0.25) is 0 Å². The van der Waals surface area contributed by atoms with Gasteiger partial charge >= 0.3 is 11.9 Å². The summed E-state index contributed by atoms with van der Waals surface area (Å²) in [7, 11) is 0. The van der Waals surface area contributed by atoms with Gasteiger partial charge in [0, 0.05) is 11.1 Å². The Balaban J connectivity index is 2.46. The Morgan fingerprint density at radius 3 is 2.62 bits per heavy atom. The topological polar surface area (TPSA) is 93.1 Å². The van der Waals surface area contributed by atoms with Crippen molar-refractivity contribution in [2.45, 2.75) is 58.5 Å². The molecule has 2 aliphatic rings. The van der Waals surface area contributed by atoms with Crippen LogP contribution in [0, 0.1) is 5.92 Å². The Kier molecular flexibility index (Phi) is 6.21. The van der Waals surface area contributed by atoms with Gasteiger partial charge in [0.15, 0.2) is 0 Å². The summed E-state index contributed by atoms with van der Waals surface area (Å²) in [5.74, 6) is -1.93. The van der Waals surface area contributed by atoms with Crippen LogP contribution in [0.5, 0.6) is 0 Å². The number of allylic oxidation sites excluding steroid dienone is 1. The molecule has 0 amide bonds. The fraction of sp³-hybridized carbons (Fsp3) is 0.500. The molecule has 0 unspecified atom stereocenters. The van der Waals surface area contributed by atoms with Gasteiger partial charge in [0.25, 0.3) is 0 Å². The Bertz CT molecular complexity index is 699. The maximum Gasteiger partial charge on any atom is 0.334 e. The number of carbonyl (C=O) groups excluding carboxylic acids is 2. The average Bonchev–Trinajstić information content (AvgIpc) is 2.88. The normalized spacial score (nSPS) is 37.0. The minimum atomic E-state index is -1.21. The molecule has 1 saturated heterocycles. The van der Waals surface area contributed by atoms with Gasteiger partial charge in [-0.1, -0.05) is 18.7 Å². The number of rotatable bonds is 2. The van der Waals surface area contributed by atoms with Gasteiger partial charge in [-0.15, -0.1) is 0 Å². The highest BCUT2D eigenvalue weighted by atomic mass is 16.6. The first-order chi connectivity index (χ1) is 12.2. The van der Waals surface area contributed by atoms with Gasteiger partial charge in [-0.3, -0.25) is 0 Å². The Morgan fingerprint density at radius 1 is 1.35 bits per heavy atom. The van der Waals surface area contributed by atoms with Gasteiger partial charge in [-0.25, -0.2) is 9.59 Å². The second-order valence-electron chi connectivity index (χ2n) is 6.82. The van der Waals surface area contributed by atoms with Crippen LogP contribution in [0.2, 0.25) is 0 Å². The van der Waals surface area contributed by atoms with Gasteiger partial charge < -0.3 is 19.7 Å². The third-order valence-electron chi connectivity index (χ3n) is 4.99. The SMILES string of the molecule is C=C1C(=O)O[C@H]2/C=C(/C)[C@@H](O)C/C=C(\C)[C@H](OC(=O)/C(C)=C\C)[C@@H](O)[C@H]12. The highest BCUT2D eigenvalue weighted by Gasteiger charge is 2.46. The maximum atomic E-state index is 12.2. The van der Waals surface area contributed by atoms with Crippen LogP contribution in [-0.2, 0) is 19.1 Å². The van der Waals surface area contributed by atoms with E-state index in [-0.39, 0.29) is 5.57 Å². The van der Waals surface area contributed by atoms with E-state index in [1.165, 1.54) is 0 Å². The first-order valence-electron chi connectivity index (χ1n) is 8.62. The van der Waals surface area contributed by atoms with E-state index in [9.17, 15) is 19.8 Å². The fourth-order valence-corrected chi connectivity index (χ4v) is 3.06. The molecule has 6 nitrogen and oxygen atoms in total. The Hall–Kier alpha value is -2.18. The summed E-state index contributed by atoms with van der Waals surface area (Å²) in [6, 6.07) is 0. The highest BCUT2D eigenvalue weighted by Crippen LogP contribution is 2.35. The monoisotopic (exact) mass is 362 g/mol. The summed E-state index contributed by atoms with van der Waals surface area (Å²) in [5.41, 5.74) is 1.76. The zero-order chi connectivity index (χ0) is 19.6. The van der Waals surface area contributed by atoms with Crippen molar-refractivity contribution in [2.75, 3.05) is 0 Å². The molecule has 2 rings (SSSR count). The van der Waals surface area contributed by atoms with E-state index in [0.29, 0.717) is 23.1 Å². The van der Waals surface area contributed by atoms with E-state index in [1.54, 1.807) is 45.9 Å². The average molecular weight is 362 g/mol. The van der Waals surface area contributed by atoms with Crippen molar-refractivity contribution in [3.05, 3.63) is 47.1 Å². The summed E-state index contributed by atoms with van der Waals surface area (Å²) in [5, 5.41) is 21.2. The molecule has 0 aromatic heterocycles. The van der Waals surface area contributed by atoms with E-state index in [0.717, 1.165) is 0 Å². The minimum absolute atomic E-state index is 0.123. The van der Waals surface area contributed by atoms with Crippen molar-refractivity contribution < 1.29 is 29.3 Å². The minimum Gasteiger partial charge on any atom is -0.454 e. The van der Waals surface area contributed by atoms with E-state index in [1.807, 2.05) is 0 Å². The van der Waals surface area contributed by atoms with Crippen molar-refractivity contribution in [2.24, 2.45) is 5.92 Å². The first-order valence-corrected chi connectivity index (χ1v) is 8.62. The zero-order valence-electron chi connectivity index (χ0n) is 15.6. The Morgan fingerprint density at radius 2 is 2.00 bits per heavy atom. The largest absolute Gasteiger partial charge is 0.454 e. The maximum absolute atomic E-state index is 12.2. The summed E-state index contributed by atoms with van der Waals surface area (Å²) in [4.78, 5) is 24.2. The van der Waals surface area contributed by atoms with Crippen molar-refractivity contribution in [1.82, 2.24) is 0 Å². The fourth-order valence-electron chi connectivity index (χ4n) is 3.06. The number of fused-ring (bicyclic) bond motifs is 1. The summed E-state index contributed by atoms with van der Waals surface area (Å²) in [6.07, 6.45) is 1.56. The molecule has 1 fully saturated rings. The molecule has 0 aromatic carbocycles. The molecular formula is C20H26O6. The number of ether oxygens (including phenoxy) is 2. The summed E-state index contributed by atoms with van der Waals surface area (Å²) < 4.78 is 10.8. The van der Waals surface area contributed by atoms with Crippen LogP contribution in [0.3, 0.4) is 0 Å². The highest BCUT2D eigenvalue weighted by molar-refractivity contribution is 5.91. The predicted molar refractivity (Wildman–Crippen MR) is 96.0 cm³/mol. The molecule has 5 atom stereocenters. The quantitative estimate of drug-likeness (QED) is 0.443. The van der Waals surface area contributed by atoms with Crippen molar-refractivity contribution in [3.8, 4) is 0 Å². The number of hydrogen-bond donors (Lipinski definition) is 2. The Labute approximate surface area is 153 Å². The lowest BCUT2D eigenvalue weighted by atomic mass is 9.83. The van der Waals surface area contributed by atoms with Gasteiger partial charge in [0.05, 0.1) is 12.0 Å². The molecule has 1 aliphatic heterocycles. The molecule has 26 heavy (non-hydrogen) atoms. The molecule has 0 spiro atoms. The van der Waals surface area contributed by atoms with E-state index in [2.05, 4.69) is 6.58 Å². The molecule has 6 heteroatoms. The molecule has 1 heterocycles. The van der Waals surface area contributed by atoms with Crippen LogP contribution in [0.15, 0.2) is 47.1 Å². The molecule has 1 aliphatic carbocycles. The first kappa shape index (κ1) is 20.1. The van der Waals surface area contributed by atoms with Gasteiger partial charge in [-0.05, 0) is 51.3 Å². The zero-order valence-corrected chi connectivity index (χ0v) is 15.6. The second-order valence-corrected chi connectivity index (χ2v) is 6.82. The lowest BCUT2D eigenvalue weighted by Gasteiger charge is -2.31. The van der Waals surface area contributed by atoms with Gasteiger partial charge in [-0.2, -0.15) is 0 Å². The van der Waals surface area contributed by atoms with Crippen molar-refractivity contribution in [3.63, 3.8) is 0 Å². The molecule has 0 saturated carbocycles. The van der Waals surface area contributed by atoms with Crippen LogP contribution >= 0.6 is 0 Å². The molecule has 0 radical (unpaired) electrons. The molecule has 142 valence electrons. The van der Waals surface area contributed by atoms with Crippen molar-refractivity contribution >= 4 is 11.9 Å². The lowest BCUT2D eigenvalue weighted by molar-refractivity contribution is -0.150. The summed E-state index contributed by atoms with van der Waals surface area (Å²) in [6.45, 7) is 10.5. The standard InChI is InChI=1S/C20H26O6/c1-6-10(2)19(23)26-18-11(3)7-8-14(21)12(4)9-15-16(17(18)22)13(5)20(24)25-15/h6-7,9,14-18,21-22H,5,8H2,1-4H3/b10-6-,11-7+,12-9-/t14-,15-,16+,17-,18-/m0/s1. The predicted octanol–water partition coefficient (Wildman–Crippen LogP) is 1.98. The number of aliphatic hydroxyl groups excluding tert-OH is 2. The lowest BCUT2D eigenvalue weighted by Crippen LogP contribution is -2.42. The second kappa shape index (κ2) is 8.01. The van der Waals surface area contributed by atoms with E-state index in [4.69, 9.17) is 9.47 Å². The van der Waals surface area contributed by atoms with E-state index >= 15 is 0 Å². The molecule has 0 bridgehead atoms. The smallest absolute Gasteiger partial charge is 0.334 e. The third kappa shape index (κ3) is 3.97.